The van der Waals surface area contributed by atoms with Gasteiger partial charge >= 0.3 is 5.97 Å². The van der Waals surface area contributed by atoms with Crippen LogP contribution in [0.3, 0.4) is 0 Å². The summed E-state index contributed by atoms with van der Waals surface area (Å²) in [6.45, 7) is 0. The van der Waals surface area contributed by atoms with Crippen LogP contribution in [0, 0.1) is 0 Å². The Hall–Kier alpha value is -3.28. The van der Waals surface area contributed by atoms with Crippen molar-refractivity contribution in [2.24, 2.45) is 0 Å². The highest BCUT2D eigenvalue weighted by Crippen LogP contribution is 2.31. The van der Waals surface area contributed by atoms with Crippen molar-refractivity contribution >= 4 is 5.97 Å². The predicted molar refractivity (Wildman–Crippen MR) is 89.1 cm³/mol. The van der Waals surface area contributed by atoms with E-state index in [1.54, 1.807) is 37.0 Å². The maximum Gasteiger partial charge on any atom is 0.356 e. The lowest BCUT2D eigenvalue weighted by Gasteiger charge is -2.13. The number of hydrogen-bond donors (Lipinski definition) is 1. The second kappa shape index (κ2) is 6.45. The molecule has 0 atom stereocenters. The van der Waals surface area contributed by atoms with Crippen molar-refractivity contribution in [3.63, 3.8) is 0 Å². The van der Waals surface area contributed by atoms with Crippen molar-refractivity contribution in [1.29, 1.82) is 0 Å². The minimum absolute atomic E-state index is 0.0354. The van der Waals surface area contributed by atoms with E-state index in [4.69, 9.17) is 9.47 Å². The van der Waals surface area contributed by atoms with E-state index in [0.717, 1.165) is 5.56 Å². The molecule has 24 heavy (non-hydrogen) atoms. The number of hydrogen-bond acceptors (Lipinski definition) is 4. The largest absolute Gasteiger partial charge is 0.497 e. The summed E-state index contributed by atoms with van der Waals surface area (Å²) in [5, 5.41) is 9.30. The van der Waals surface area contributed by atoms with E-state index in [-0.39, 0.29) is 5.69 Å². The van der Waals surface area contributed by atoms with Crippen LogP contribution < -0.4 is 9.47 Å². The Morgan fingerprint density at radius 1 is 1.08 bits per heavy atom. The van der Waals surface area contributed by atoms with Crippen LogP contribution in [-0.2, 0) is 0 Å². The van der Waals surface area contributed by atoms with E-state index in [9.17, 15) is 9.90 Å². The molecule has 0 aliphatic rings. The maximum absolute atomic E-state index is 11.4. The van der Waals surface area contributed by atoms with Crippen LogP contribution >= 0.6 is 0 Å². The topological polar surface area (TPSA) is 73.6 Å². The smallest absolute Gasteiger partial charge is 0.356 e. The van der Waals surface area contributed by atoms with E-state index < -0.39 is 5.97 Å². The number of nitrogens with zero attached hydrogens (tertiary/aromatic N) is 2. The molecule has 0 bridgehead atoms. The molecule has 0 spiro atoms. The second-order valence-corrected chi connectivity index (χ2v) is 5.03. The summed E-state index contributed by atoms with van der Waals surface area (Å²) in [4.78, 5) is 15.6. The van der Waals surface area contributed by atoms with Gasteiger partial charge in [-0.15, -0.1) is 0 Å². The zero-order valence-electron chi connectivity index (χ0n) is 13.3. The van der Waals surface area contributed by atoms with E-state index in [1.807, 2.05) is 30.3 Å². The van der Waals surface area contributed by atoms with Crippen LogP contribution in [0.2, 0.25) is 0 Å². The number of aromatic carboxylic acids is 1. The summed E-state index contributed by atoms with van der Waals surface area (Å²) in [5.41, 5.74) is 1.45. The van der Waals surface area contributed by atoms with Crippen molar-refractivity contribution in [1.82, 2.24) is 9.55 Å². The summed E-state index contributed by atoms with van der Waals surface area (Å²) in [5.74, 6) is 0.645. The van der Waals surface area contributed by atoms with Crippen molar-refractivity contribution in [3.05, 3.63) is 60.4 Å². The molecule has 0 aliphatic heterocycles. The first-order valence-corrected chi connectivity index (χ1v) is 7.24. The lowest BCUT2D eigenvalue weighted by Crippen LogP contribution is -2.00. The van der Waals surface area contributed by atoms with Gasteiger partial charge in [0.2, 0.25) is 0 Å². The van der Waals surface area contributed by atoms with Gasteiger partial charge in [-0.2, -0.15) is 0 Å². The fourth-order valence-electron chi connectivity index (χ4n) is 2.44. The summed E-state index contributed by atoms with van der Waals surface area (Å²) in [7, 11) is 3.12. The number of carboxylic acid groups (broad SMARTS) is 1. The molecule has 122 valence electrons. The van der Waals surface area contributed by atoms with Gasteiger partial charge in [0.05, 0.1) is 19.9 Å². The lowest BCUT2D eigenvalue weighted by atomic mass is 10.2. The molecule has 6 heteroatoms. The van der Waals surface area contributed by atoms with Gasteiger partial charge in [-0.25, -0.2) is 9.78 Å². The molecule has 1 N–H and O–H groups in total. The molecule has 3 rings (SSSR count). The Kier molecular flexibility index (Phi) is 4.20. The van der Waals surface area contributed by atoms with Crippen molar-refractivity contribution in [2.45, 2.75) is 0 Å². The zero-order chi connectivity index (χ0) is 17.1. The van der Waals surface area contributed by atoms with Crippen molar-refractivity contribution in [3.8, 4) is 28.6 Å². The van der Waals surface area contributed by atoms with Crippen LogP contribution in [0.15, 0.2) is 54.7 Å². The highest BCUT2D eigenvalue weighted by atomic mass is 16.5. The molecule has 0 amide bonds. The first-order valence-electron chi connectivity index (χ1n) is 7.24. The zero-order valence-corrected chi connectivity index (χ0v) is 13.3. The molecule has 0 unspecified atom stereocenters. The highest BCUT2D eigenvalue weighted by molar-refractivity contribution is 5.86. The van der Waals surface area contributed by atoms with Crippen LogP contribution in [0.4, 0.5) is 0 Å². The normalized spacial score (nSPS) is 10.4. The Morgan fingerprint density at radius 2 is 1.83 bits per heavy atom. The second-order valence-electron chi connectivity index (χ2n) is 5.03. The number of methoxy groups -OCH3 is 2. The third kappa shape index (κ3) is 2.81. The average Bonchev–Trinajstić information content (AvgIpc) is 3.07. The van der Waals surface area contributed by atoms with Crippen LogP contribution in [0.1, 0.15) is 10.5 Å². The fraction of sp³-hybridized carbons (Fsp3) is 0.111. The molecule has 0 fully saturated rings. The average molecular weight is 324 g/mol. The van der Waals surface area contributed by atoms with Crippen LogP contribution in [-0.4, -0.2) is 34.8 Å². The van der Waals surface area contributed by atoms with E-state index >= 15 is 0 Å². The van der Waals surface area contributed by atoms with Gasteiger partial charge in [0, 0.05) is 17.8 Å². The Bertz CT molecular complexity index is 872. The lowest BCUT2D eigenvalue weighted by molar-refractivity contribution is 0.0691. The minimum Gasteiger partial charge on any atom is -0.497 e. The maximum atomic E-state index is 11.4. The third-order valence-electron chi connectivity index (χ3n) is 3.60. The fourth-order valence-corrected chi connectivity index (χ4v) is 2.44. The predicted octanol–water partition coefficient (Wildman–Crippen LogP) is 3.25. The first kappa shape index (κ1) is 15.6. The number of benzene rings is 2. The monoisotopic (exact) mass is 324 g/mol. The molecule has 0 radical (unpaired) electrons. The third-order valence-corrected chi connectivity index (χ3v) is 3.60. The Labute approximate surface area is 138 Å². The number of imidazole rings is 1. The highest BCUT2D eigenvalue weighted by Gasteiger charge is 2.18. The van der Waals surface area contributed by atoms with E-state index in [0.29, 0.717) is 23.0 Å². The van der Waals surface area contributed by atoms with Gasteiger partial charge < -0.3 is 14.6 Å². The summed E-state index contributed by atoms with van der Waals surface area (Å²) >= 11 is 0. The molecule has 1 aromatic heterocycles. The molecular formula is C18H16N2O4. The van der Waals surface area contributed by atoms with Gasteiger partial charge in [0.1, 0.15) is 17.3 Å². The van der Waals surface area contributed by atoms with Gasteiger partial charge in [0.15, 0.2) is 5.69 Å². The van der Waals surface area contributed by atoms with Crippen LogP contribution in [0.5, 0.6) is 11.5 Å². The number of ether oxygens (including phenoxy) is 2. The van der Waals surface area contributed by atoms with Crippen molar-refractivity contribution in [2.75, 3.05) is 14.2 Å². The van der Waals surface area contributed by atoms with Gasteiger partial charge in [-0.3, -0.25) is 4.57 Å². The van der Waals surface area contributed by atoms with E-state index in [2.05, 4.69) is 4.98 Å². The Balaban J connectivity index is 2.22. The molecule has 1 heterocycles. The number of aromatic nitrogens is 2. The quantitative estimate of drug-likeness (QED) is 0.780. The molecule has 0 saturated heterocycles. The standard InChI is InChI=1S/C18H16N2O4/c1-23-13-8-9-15(16(10-13)24-2)20-11-14(18(21)22)19-17(20)12-6-4-3-5-7-12/h3-11H,1-2H3,(H,21,22). The molecular weight excluding hydrogens is 308 g/mol. The van der Waals surface area contributed by atoms with Gasteiger partial charge in [-0.05, 0) is 12.1 Å². The van der Waals surface area contributed by atoms with Crippen LogP contribution in [0.25, 0.3) is 17.1 Å². The number of rotatable bonds is 5. The first-order chi connectivity index (χ1) is 11.6. The van der Waals surface area contributed by atoms with Gasteiger partial charge in [0.25, 0.3) is 0 Å². The Morgan fingerprint density at radius 3 is 2.46 bits per heavy atom. The summed E-state index contributed by atoms with van der Waals surface area (Å²) in [6, 6.07) is 14.7. The van der Waals surface area contributed by atoms with Crippen molar-refractivity contribution < 1.29 is 19.4 Å². The number of carboxylic acids is 1. The molecule has 0 saturated carbocycles. The summed E-state index contributed by atoms with van der Waals surface area (Å²) < 4.78 is 12.3. The van der Waals surface area contributed by atoms with E-state index in [1.165, 1.54) is 6.20 Å². The molecule has 6 nitrogen and oxygen atoms in total. The molecule has 2 aromatic carbocycles. The molecule has 0 aliphatic carbocycles. The molecule has 3 aromatic rings. The van der Waals surface area contributed by atoms with Gasteiger partial charge in [-0.1, -0.05) is 30.3 Å². The minimum atomic E-state index is -1.08. The summed E-state index contributed by atoms with van der Waals surface area (Å²) in [6.07, 6.45) is 1.48. The number of carbonyl (C=O) groups is 1. The SMILES string of the molecule is COc1ccc(-n2cc(C(=O)O)nc2-c2ccccc2)c(OC)c1.